The van der Waals surface area contributed by atoms with Gasteiger partial charge in [0, 0.05) is 6.54 Å². The average molecular weight is 356 g/mol. The number of ether oxygens (including phenoxy) is 2. The smallest absolute Gasteiger partial charge is 0.410 e. The van der Waals surface area contributed by atoms with Gasteiger partial charge >= 0.3 is 12.1 Å². The Morgan fingerprint density at radius 3 is 2.56 bits per heavy atom. The Kier molecular flexibility index (Phi) is 5.61. The number of carbonyl (C=O) groups excluding carboxylic acids is 3. The maximum Gasteiger partial charge on any atom is 0.410 e. The highest BCUT2D eigenvalue weighted by molar-refractivity contribution is 5.86. The molecule has 0 spiro atoms. The summed E-state index contributed by atoms with van der Waals surface area (Å²) >= 11 is 0. The maximum absolute atomic E-state index is 12.5. The van der Waals surface area contributed by atoms with Crippen molar-refractivity contribution in [3.63, 3.8) is 0 Å². The molecule has 0 aromatic carbocycles. The summed E-state index contributed by atoms with van der Waals surface area (Å²) in [7, 11) is 0. The van der Waals surface area contributed by atoms with Crippen LogP contribution in [0.4, 0.5) is 4.79 Å². The fourth-order valence-electron chi connectivity index (χ4n) is 3.82. The van der Waals surface area contributed by atoms with Gasteiger partial charge in [-0.05, 0) is 46.5 Å². The topological polar surface area (TPSA) is 105 Å². The van der Waals surface area contributed by atoms with Gasteiger partial charge in [0.15, 0.2) is 0 Å². The van der Waals surface area contributed by atoms with E-state index in [1.165, 1.54) is 4.90 Å². The number of rotatable bonds is 5. The molecule has 2 aliphatic rings. The molecule has 142 valence electrons. The molecule has 0 bridgehead atoms. The van der Waals surface area contributed by atoms with Crippen molar-refractivity contribution in [2.24, 2.45) is 11.8 Å². The molecule has 8 heteroatoms. The van der Waals surface area contributed by atoms with Crippen molar-refractivity contribution in [3.8, 4) is 0 Å². The quantitative estimate of drug-likeness (QED) is 0.702. The molecule has 1 aliphatic carbocycles. The van der Waals surface area contributed by atoms with E-state index in [1.54, 1.807) is 27.7 Å². The summed E-state index contributed by atoms with van der Waals surface area (Å²) in [5.74, 6) is -1.37. The van der Waals surface area contributed by atoms with E-state index in [0.29, 0.717) is 13.0 Å². The minimum atomic E-state index is -0.943. The van der Waals surface area contributed by atoms with Crippen LogP contribution in [-0.4, -0.2) is 65.4 Å². The Morgan fingerprint density at radius 1 is 1.32 bits per heavy atom. The van der Waals surface area contributed by atoms with E-state index in [0.717, 1.165) is 6.42 Å². The van der Waals surface area contributed by atoms with E-state index in [2.05, 4.69) is 5.32 Å². The van der Waals surface area contributed by atoms with E-state index in [9.17, 15) is 19.5 Å². The fourth-order valence-corrected chi connectivity index (χ4v) is 3.82. The van der Waals surface area contributed by atoms with Crippen LogP contribution < -0.4 is 5.32 Å². The number of fused-ring (bicyclic) bond motifs is 1. The summed E-state index contributed by atoms with van der Waals surface area (Å²) in [6.45, 7) is 7.16. The van der Waals surface area contributed by atoms with Crippen LogP contribution in [-0.2, 0) is 19.1 Å². The number of nitrogens with zero attached hydrogens (tertiary/aromatic N) is 1. The van der Waals surface area contributed by atoms with Crippen LogP contribution >= 0.6 is 0 Å². The molecule has 0 unspecified atom stereocenters. The second kappa shape index (κ2) is 7.19. The molecule has 1 saturated carbocycles. The van der Waals surface area contributed by atoms with Crippen LogP contribution in [0.2, 0.25) is 0 Å². The number of amides is 2. The van der Waals surface area contributed by atoms with E-state index in [1.807, 2.05) is 0 Å². The number of nitrogens with one attached hydrogen (secondary N) is 1. The lowest BCUT2D eigenvalue weighted by Gasteiger charge is -2.53. The van der Waals surface area contributed by atoms with Crippen molar-refractivity contribution in [2.45, 2.75) is 51.7 Å². The largest absolute Gasteiger partial charge is 0.465 e. The molecule has 8 nitrogen and oxygen atoms in total. The third-order valence-electron chi connectivity index (χ3n) is 4.93. The van der Waals surface area contributed by atoms with Gasteiger partial charge in [-0.15, -0.1) is 0 Å². The van der Waals surface area contributed by atoms with Gasteiger partial charge in [0.2, 0.25) is 5.91 Å². The predicted molar refractivity (Wildman–Crippen MR) is 88.6 cm³/mol. The SMILES string of the molecule is CCOC(=O)CNC(=O)[C@@H]1C[C@H]2CCN(C(=O)OC(C)(C)C)[C@]21CO. The summed E-state index contributed by atoms with van der Waals surface area (Å²) in [5, 5.41) is 12.6. The maximum atomic E-state index is 12.5. The summed E-state index contributed by atoms with van der Waals surface area (Å²) < 4.78 is 10.2. The molecule has 0 aromatic heterocycles. The van der Waals surface area contributed by atoms with Crippen LogP contribution in [0, 0.1) is 11.8 Å². The van der Waals surface area contributed by atoms with Crippen molar-refractivity contribution in [1.82, 2.24) is 10.2 Å². The number of carbonyl (C=O) groups is 3. The minimum Gasteiger partial charge on any atom is -0.465 e. The normalized spacial score (nSPS) is 28.0. The van der Waals surface area contributed by atoms with Gasteiger partial charge in [-0.25, -0.2) is 4.79 Å². The lowest BCUT2D eigenvalue weighted by atomic mass is 9.59. The van der Waals surface area contributed by atoms with Crippen LogP contribution in [0.15, 0.2) is 0 Å². The third-order valence-corrected chi connectivity index (χ3v) is 4.93. The van der Waals surface area contributed by atoms with Crippen molar-refractivity contribution >= 4 is 18.0 Å². The molecule has 1 aliphatic heterocycles. The summed E-state index contributed by atoms with van der Waals surface area (Å²) in [5.41, 5.74) is -1.60. The minimum absolute atomic E-state index is 0.0587. The first kappa shape index (κ1) is 19.5. The van der Waals surface area contributed by atoms with Crippen molar-refractivity contribution in [3.05, 3.63) is 0 Å². The Bertz CT molecular complexity index is 544. The predicted octanol–water partition coefficient (Wildman–Crippen LogP) is 0.674. The van der Waals surface area contributed by atoms with Gasteiger partial charge in [-0.3, -0.25) is 14.5 Å². The molecule has 2 N–H and O–H groups in total. The molecular weight excluding hydrogens is 328 g/mol. The zero-order valence-corrected chi connectivity index (χ0v) is 15.3. The Morgan fingerprint density at radius 2 is 2.00 bits per heavy atom. The van der Waals surface area contributed by atoms with Crippen LogP contribution in [0.5, 0.6) is 0 Å². The number of hydrogen-bond acceptors (Lipinski definition) is 6. The zero-order valence-electron chi connectivity index (χ0n) is 15.3. The molecule has 0 radical (unpaired) electrons. The number of aliphatic hydroxyl groups excluding tert-OH is 1. The standard InChI is InChI=1S/C17H28N2O6/c1-5-24-13(21)9-18-14(22)12-8-11-6-7-19(17(11,12)10-20)15(23)25-16(2,3)4/h11-12,20H,5-10H2,1-4H3,(H,18,22)/t11-,12+,17-/m1/s1. The highest BCUT2D eigenvalue weighted by Gasteiger charge is 2.65. The van der Waals surface area contributed by atoms with Gasteiger partial charge in [-0.1, -0.05) is 0 Å². The second-order valence-electron chi connectivity index (χ2n) is 7.58. The summed E-state index contributed by atoms with van der Waals surface area (Å²) in [6, 6.07) is 0. The van der Waals surface area contributed by atoms with Gasteiger partial charge in [-0.2, -0.15) is 0 Å². The third kappa shape index (κ3) is 3.73. The molecule has 2 amide bonds. The summed E-state index contributed by atoms with van der Waals surface area (Å²) in [4.78, 5) is 37.9. The Labute approximate surface area is 147 Å². The molecule has 3 atom stereocenters. The van der Waals surface area contributed by atoms with E-state index in [-0.39, 0.29) is 31.6 Å². The number of likely N-dealkylation sites (tertiary alicyclic amines) is 1. The molecule has 1 heterocycles. The highest BCUT2D eigenvalue weighted by Crippen LogP contribution is 2.54. The van der Waals surface area contributed by atoms with Gasteiger partial charge in [0.1, 0.15) is 12.1 Å². The molecule has 1 saturated heterocycles. The Balaban J connectivity index is 2.07. The first-order valence-corrected chi connectivity index (χ1v) is 8.70. The van der Waals surface area contributed by atoms with Gasteiger partial charge in [0.05, 0.1) is 24.7 Å². The van der Waals surface area contributed by atoms with E-state index in [4.69, 9.17) is 9.47 Å². The first-order valence-electron chi connectivity index (χ1n) is 8.70. The van der Waals surface area contributed by atoms with Gasteiger partial charge < -0.3 is 19.9 Å². The van der Waals surface area contributed by atoms with Crippen molar-refractivity contribution in [2.75, 3.05) is 26.3 Å². The molecule has 0 aromatic rings. The van der Waals surface area contributed by atoms with Crippen LogP contribution in [0.3, 0.4) is 0 Å². The molecule has 2 fully saturated rings. The monoisotopic (exact) mass is 356 g/mol. The first-order chi connectivity index (χ1) is 11.7. The van der Waals surface area contributed by atoms with E-state index >= 15 is 0 Å². The lowest BCUT2D eigenvalue weighted by Crippen LogP contribution is -2.69. The number of aliphatic hydroxyl groups is 1. The molecular formula is C17H28N2O6. The summed E-state index contributed by atoms with van der Waals surface area (Å²) in [6.07, 6.45) is 0.780. The fraction of sp³-hybridized carbons (Fsp3) is 0.824. The lowest BCUT2D eigenvalue weighted by molar-refractivity contribution is -0.150. The van der Waals surface area contributed by atoms with Crippen molar-refractivity contribution in [1.29, 1.82) is 0 Å². The zero-order chi connectivity index (χ0) is 18.8. The average Bonchev–Trinajstić information content (AvgIpc) is 2.77. The number of esters is 1. The second-order valence-corrected chi connectivity index (χ2v) is 7.58. The van der Waals surface area contributed by atoms with E-state index < -0.39 is 29.1 Å². The van der Waals surface area contributed by atoms with Crippen LogP contribution in [0.1, 0.15) is 40.5 Å². The van der Waals surface area contributed by atoms with Crippen molar-refractivity contribution < 1.29 is 29.0 Å². The number of hydrogen-bond donors (Lipinski definition) is 2. The highest BCUT2D eigenvalue weighted by atomic mass is 16.6. The molecule has 25 heavy (non-hydrogen) atoms. The van der Waals surface area contributed by atoms with Crippen LogP contribution in [0.25, 0.3) is 0 Å². The van der Waals surface area contributed by atoms with Gasteiger partial charge in [0.25, 0.3) is 0 Å². The molecule has 2 rings (SSSR count). The Hall–Kier alpha value is -1.83.